The number of allylic oxidation sites excluding steroid dienone is 2. The number of carbonyl (C=O) groups is 1. The number of benzene rings is 1. The average molecular weight is 342 g/mol. The van der Waals surface area contributed by atoms with Crippen molar-refractivity contribution >= 4 is 32.6 Å². The van der Waals surface area contributed by atoms with E-state index in [4.69, 9.17) is 9.72 Å². The van der Waals surface area contributed by atoms with E-state index in [9.17, 15) is 4.79 Å². The van der Waals surface area contributed by atoms with Crippen molar-refractivity contribution in [1.82, 2.24) is 4.98 Å². The van der Waals surface area contributed by atoms with Crippen LogP contribution < -0.4 is 4.90 Å². The minimum Gasteiger partial charge on any atom is -0.376 e. The van der Waals surface area contributed by atoms with Crippen molar-refractivity contribution in [3.63, 3.8) is 0 Å². The van der Waals surface area contributed by atoms with Gasteiger partial charge in [0, 0.05) is 13.0 Å². The van der Waals surface area contributed by atoms with Crippen LogP contribution in [0.2, 0.25) is 0 Å². The lowest BCUT2D eigenvalue weighted by molar-refractivity contribution is -0.119. The molecule has 2 heterocycles. The summed E-state index contributed by atoms with van der Waals surface area (Å²) in [5, 5.41) is 0.804. The zero-order chi connectivity index (χ0) is 16.4. The van der Waals surface area contributed by atoms with Crippen molar-refractivity contribution in [2.24, 2.45) is 5.92 Å². The van der Waals surface area contributed by atoms with Gasteiger partial charge in [0.2, 0.25) is 5.91 Å². The molecule has 4 nitrogen and oxygen atoms in total. The number of ether oxygens (including phenoxy) is 1. The molecule has 1 aliphatic heterocycles. The second-order valence-electron chi connectivity index (χ2n) is 6.57. The molecule has 126 valence electrons. The Morgan fingerprint density at radius 2 is 2.25 bits per heavy atom. The molecule has 0 saturated carbocycles. The normalized spacial score (nSPS) is 23.2. The van der Waals surface area contributed by atoms with Crippen LogP contribution in [0.15, 0.2) is 36.4 Å². The number of nitrogens with zero attached hydrogens (tertiary/aromatic N) is 2. The van der Waals surface area contributed by atoms with Crippen LogP contribution >= 0.6 is 11.3 Å². The average Bonchev–Trinajstić information content (AvgIpc) is 3.33. The van der Waals surface area contributed by atoms with E-state index in [0.29, 0.717) is 18.9 Å². The smallest absolute Gasteiger partial charge is 0.229 e. The Morgan fingerprint density at radius 1 is 1.33 bits per heavy atom. The largest absolute Gasteiger partial charge is 0.376 e. The molecule has 1 aromatic carbocycles. The van der Waals surface area contributed by atoms with Crippen molar-refractivity contribution in [2.75, 3.05) is 18.1 Å². The molecule has 0 N–H and O–H groups in total. The summed E-state index contributed by atoms with van der Waals surface area (Å²) in [6, 6.07) is 8.07. The molecule has 1 fully saturated rings. The number of hydrogen-bond donors (Lipinski definition) is 0. The van der Waals surface area contributed by atoms with Crippen LogP contribution in [0.5, 0.6) is 0 Å². The molecule has 5 heteroatoms. The summed E-state index contributed by atoms with van der Waals surface area (Å²) in [5.41, 5.74) is 0.961. The lowest BCUT2D eigenvalue weighted by atomic mass is 10.0. The second-order valence-corrected chi connectivity index (χ2v) is 7.58. The lowest BCUT2D eigenvalue weighted by Gasteiger charge is -2.24. The molecule has 4 rings (SSSR count). The van der Waals surface area contributed by atoms with E-state index in [1.54, 1.807) is 11.3 Å². The molecule has 2 aromatic rings. The summed E-state index contributed by atoms with van der Waals surface area (Å²) in [7, 11) is 0. The molecular weight excluding hydrogens is 320 g/mol. The number of carbonyl (C=O) groups excluding carboxylic acids is 1. The lowest BCUT2D eigenvalue weighted by Crippen LogP contribution is -2.38. The van der Waals surface area contributed by atoms with Crippen molar-refractivity contribution in [1.29, 1.82) is 0 Å². The molecule has 2 atom stereocenters. The number of aromatic nitrogens is 1. The van der Waals surface area contributed by atoms with Crippen LogP contribution in [0.4, 0.5) is 5.13 Å². The highest BCUT2D eigenvalue weighted by Gasteiger charge is 2.27. The van der Waals surface area contributed by atoms with Gasteiger partial charge < -0.3 is 4.74 Å². The quantitative estimate of drug-likeness (QED) is 0.766. The fourth-order valence-corrected chi connectivity index (χ4v) is 4.45. The number of amides is 1. The third-order valence-electron chi connectivity index (χ3n) is 4.77. The molecule has 1 aliphatic carbocycles. The molecular formula is C19H22N2O2S. The fraction of sp³-hybridized carbons (Fsp3) is 0.474. The van der Waals surface area contributed by atoms with Gasteiger partial charge in [-0.2, -0.15) is 0 Å². The first-order valence-electron chi connectivity index (χ1n) is 8.74. The van der Waals surface area contributed by atoms with E-state index >= 15 is 0 Å². The predicted molar refractivity (Wildman–Crippen MR) is 97.4 cm³/mol. The number of rotatable bonds is 5. The van der Waals surface area contributed by atoms with Gasteiger partial charge in [-0.3, -0.25) is 9.69 Å². The van der Waals surface area contributed by atoms with Gasteiger partial charge in [-0.25, -0.2) is 4.98 Å². The summed E-state index contributed by atoms with van der Waals surface area (Å²) in [6.45, 7) is 1.42. The summed E-state index contributed by atoms with van der Waals surface area (Å²) >= 11 is 1.60. The maximum atomic E-state index is 13.0. The molecule has 1 amide bonds. The minimum absolute atomic E-state index is 0.139. The highest BCUT2D eigenvalue weighted by atomic mass is 32.1. The first-order valence-corrected chi connectivity index (χ1v) is 9.55. The Hall–Kier alpha value is -1.72. The molecule has 0 spiro atoms. The number of fused-ring (bicyclic) bond motifs is 1. The predicted octanol–water partition coefficient (Wildman–Crippen LogP) is 4.16. The van der Waals surface area contributed by atoms with E-state index in [1.807, 2.05) is 23.1 Å². The van der Waals surface area contributed by atoms with E-state index in [1.165, 1.54) is 0 Å². The van der Waals surface area contributed by atoms with Gasteiger partial charge in [-0.1, -0.05) is 35.6 Å². The van der Waals surface area contributed by atoms with Gasteiger partial charge in [0.05, 0.1) is 22.9 Å². The van der Waals surface area contributed by atoms with Crippen molar-refractivity contribution in [3.05, 3.63) is 36.4 Å². The van der Waals surface area contributed by atoms with Crippen LogP contribution in [0.25, 0.3) is 10.2 Å². The van der Waals surface area contributed by atoms with Gasteiger partial charge in [-0.15, -0.1) is 0 Å². The Morgan fingerprint density at radius 3 is 3.00 bits per heavy atom. The Balaban J connectivity index is 1.58. The van der Waals surface area contributed by atoms with Crippen LogP contribution in [0.3, 0.4) is 0 Å². The highest BCUT2D eigenvalue weighted by Crippen LogP contribution is 2.31. The van der Waals surface area contributed by atoms with Crippen molar-refractivity contribution in [3.8, 4) is 0 Å². The molecule has 24 heavy (non-hydrogen) atoms. The fourth-order valence-electron chi connectivity index (χ4n) is 3.45. The zero-order valence-corrected chi connectivity index (χ0v) is 14.5. The Kier molecular flexibility index (Phi) is 4.63. The number of hydrogen-bond acceptors (Lipinski definition) is 4. The van der Waals surface area contributed by atoms with Gasteiger partial charge >= 0.3 is 0 Å². The zero-order valence-electron chi connectivity index (χ0n) is 13.7. The number of thiazole rings is 1. The van der Waals surface area contributed by atoms with Gasteiger partial charge in [0.25, 0.3) is 0 Å². The van der Waals surface area contributed by atoms with Gasteiger partial charge in [0.15, 0.2) is 5.13 Å². The van der Waals surface area contributed by atoms with E-state index in [-0.39, 0.29) is 12.0 Å². The Labute approximate surface area is 146 Å². The van der Waals surface area contributed by atoms with E-state index < -0.39 is 0 Å². The highest BCUT2D eigenvalue weighted by molar-refractivity contribution is 7.22. The summed E-state index contributed by atoms with van der Waals surface area (Å²) in [5.74, 6) is 0.542. The van der Waals surface area contributed by atoms with Crippen LogP contribution in [-0.2, 0) is 9.53 Å². The molecule has 1 aromatic heterocycles. The summed E-state index contributed by atoms with van der Waals surface area (Å²) < 4.78 is 6.89. The number of anilines is 1. The van der Waals surface area contributed by atoms with Crippen LogP contribution in [0, 0.1) is 5.92 Å². The Bertz CT molecular complexity index is 716. The third kappa shape index (κ3) is 3.37. The van der Waals surface area contributed by atoms with E-state index in [0.717, 1.165) is 47.6 Å². The monoisotopic (exact) mass is 342 g/mol. The SMILES string of the molecule is O=C(C[C@H]1C=CCC1)N(C[C@@H]1CCCO1)c1nc2ccccc2s1. The van der Waals surface area contributed by atoms with Gasteiger partial charge in [-0.05, 0) is 43.7 Å². The third-order valence-corrected chi connectivity index (χ3v) is 5.83. The standard InChI is InChI=1S/C19H22N2O2S/c22-18(12-14-6-1-2-7-14)21(13-15-8-5-11-23-15)19-20-16-9-3-4-10-17(16)24-19/h1,3-4,6,9-10,14-15H,2,5,7-8,11-13H2/t14-,15-/m0/s1. The molecule has 2 aliphatic rings. The first kappa shape index (κ1) is 15.8. The second kappa shape index (κ2) is 7.03. The first-order chi connectivity index (χ1) is 11.8. The van der Waals surface area contributed by atoms with Gasteiger partial charge in [0.1, 0.15) is 0 Å². The maximum Gasteiger partial charge on any atom is 0.229 e. The topological polar surface area (TPSA) is 42.4 Å². The van der Waals surface area contributed by atoms with Crippen molar-refractivity contribution < 1.29 is 9.53 Å². The number of para-hydroxylation sites is 1. The van der Waals surface area contributed by atoms with E-state index in [2.05, 4.69) is 18.2 Å². The van der Waals surface area contributed by atoms with Crippen LogP contribution in [0.1, 0.15) is 32.1 Å². The molecule has 1 saturated heterocycles. The summed E-state index contributed by atoms with van der Waals surface area (Å²) in [4.78, 5) is 19.5. The maximum absolute atomic E-state index is 13.0. The molecule has 0 bridgehead atoms. The minimum atomic E-state index is 0.139. The van der Waals surface area contributed by atoms with Crippen LogP contribution in [-0.4, -0.2) is 30.1 Å². The molecule has 0 unspecified atom stereocenters. The molecule has 0 radical (unpaired) electrons. The van der Waals surface area contributed by atoms with Crippen molar-refractivity contribution in [2.45, 2.75) is 38.2 Å². The summed E-state index contributed by atoms with van der Waals surface area (Å²) in [6.07, 6.45) is 9.35.